The fourth-order valence-electron chi connectivity index (χ4n) is 2.57. The minimum atomic E-state index is -0.129. The zero-order valence-electron chi connectivity index (χ0n) is 10.9. The van der Waals surface area contributed by atoms with E-state index in [0.717, 1.165) is 18.5 Å². The van der Waals surface area contributed by atoms with Crippen molar-refractivity contribution < 1.29 is 9.53 Å². The molecule has 2 rings (SSSR count). The molecular formula is C13H24N2O2. The second kappa shape index (κ2) is 5.83. The lowest BCUT2D eigenvalue weighted by atomic mass is 10.1. The average Bonchev–Trinajstić information content (AvgIpc) is 3.06. The highest BCUT2D eigenvalue weighted by atomic mass is 16.5. The van der Waals surface area contributed by atoms with Gasteiger partial charge in [-0.05, 0) is 45.2 Å². The van der Waals surface area contributed by atoms with Crippen molar-refractivity contribution in [3.8, 4) is 0 Å². The molecule has 1 saturated carbocycles. The van der Waals surface area contributed by atoms with Crippen LogP contribution in [-0.2, 0) is 9.53 Å². The number of likely N-dealkylation sites (tertiary alicyclic amines) is 1. The number of nitrogens with one attached hydrogen (secondary N) is 1. The summed E-state index contributed by atoms with van der Waals surface area (Å²) in [6.07, 6.45) is 4.57. The quantitative estimate of drug-likeness (QED) is 0.704. The number of esters is 1. The molecule has 0 radical (unpaired) electrons. The fourth-order valence-corrected chi connectivity index (χ4v) is 2.57. The van der Waals surface area contributed by atoms with Crippen molar-refractivity contribution in [2.45, 2.75) is 44.7 Å². The number of hydrogen-bond acceptors (Lipinski definition) is 4. The van der Waals surface area contributed by atoms with Crippen molar-refractivity contribution in [1.82, 2.24) is 10.2 Å². The van der Waals surface area contributed by atoms with E-state index in [1.54, 1.807) is 0 Å². The monoisotopic (exact) mass is 240 g/mol. The van der Waals surface area contributed by atoms with Gasteiger partial charge < -0.3 is 15.0 Å². The lowest BCUT2D eigenvalue weighted by Gasteiger charge is -2.17. The summed E-state index contributed by atoms with van der Waals surface area (Å²) in [6, 6.07) is 1.12. The normalized spacial score (nSPS) is 27.1. The number of methoxy groups -OCH3 is 1. The third-order valence-electron chi connectivity index (χ3n) is 3.84. The van der Waals surface area contributed by atoms with Gasteiger partial charge in [0.15, 0.2) is 0 Å². The van der Waals surface area contributed by atoms with Gasteiger partial charge in [0.1, 0.15) is 0 Å². The van der Waals surface area contributed by atoms with E-state index in [1.807, 2.05) is 6.92 Å². The van der Waals surface area contributed by atoms with E-state index in [4.69, 9.17) is 0 Å². The standard InChI is InChI=1S/C13H24N2O2/c1-10(7-13(16)17-2)14-8-11-5-6-15(9-11)12-3-4-12/h10-12,14H,3-9H2,1-2H3. The maximum atomic E-state index is 11.1. The van der Waals surface area contributed by atoms with Crippen molar-refractivity contribution in [1.29, 1.82) is 0 Å². The molecule has 1 aliphatic heterocycles. The molecule has 0 aromatic rings. The van der Waals surface area contributed by atoms with Crippen LogP contribution in [0.2, 0.25) is 0 Å². The number of hydrogen-bond donors (Lipinski definition) is 1. The highest BCUT2D eigenvalue weighted by molar-refractivity contribution is 5.69. The molecule has 0 aromatic heterocycles. The molecule has 2 unspecified atom stereocenters. The molecule has 0 bridgehead atoms. The Balaban J connectivity index is 1.60. The van der Waals surface area contributed by atoms with Gasteiger partial charge in [0.25, 0.3) is 0 Å². The highest BCUT2D eigenvalue weighted by Gasteiger charge is 2.34. The molecule has 4 heteroatoms. The van der Waals surface area contributed by atoms with Crippen molar-refractivity contribution in [2.75, 3.05) is 26.7 Å². The Bertz CT molecular complexity index is 266. The molecule has 2 fully saturated rings. The average molecular weight is 240 g/mol. The molecular weight excluding hydrogens is 216 g/mol. The number of ether oxygens (including phenoxy) is 1. The summed E-state index contributed by atoms with van der Waals surface area (Å²) in [5.41, 5.74) is 0. The van der Waals surface area contributed by atoms with E-state index in [1.165, 1.54) is 39.5 Å². The summed E-state index contributed by atoms with van der Waals surface area (Å²) >= 11 is 0. The number of carbonyl (C=O) groups excluding carboxylic acids is 1. The lowest BCUT2D eigenvalue weighted by molar-refractivity contribution is -0.141. The summed E-state index contributed by atoms with van der Waals surface area (Å²) < 4.78 is 4.66. The van der Waals surface area contributed by atoms with Crippen molar-refractivity contribution in [2.24, 2.45) is 5.92 Å². The van der Waals surface area contributed by atoms with Crippen molar-refractivity contribution >= 4 is 5.97 Å². The largest absolute Gasteiger partial charge is 0.469 e. The summed E-state index contributed by atoms with van der Waals surface area (Å²) in [5.74, 6) is 0.631. The van der Waals surface area contributed by atoms with Crippen LogP contribution in [0.1, 0.15) is 32.6 Å². The van der Waals surface area contributed by atoms with E-state index >= 15 is 0 Å². The SMILES string of the molecule is COC(=O)CC(C)NCC1CCN(C2CC2)C1. The third kappa shape index (κ3) is 3.96. The van der Waals surface area contributed by atoms with Crippen LogP contribution in [-0.4, -0.2) is 49.7 Å². The Morgan fingerprint density at radius 2 is 2.24 bits per heavy atom. The van der Waals surface area contributed by atoms with E-state index in [0.29, 0.717) is 6.42 Å². The molecule has 17 heavy (non-hydrogen) atoms. The molecule has 2 aliphatic rings. The molecule has 0 aromatic carbocycles. The summed E-state index contributed by atoms with van der Waals surface area (Å²) in [6.45, 7) is 5.58. The second-order valence-electron chi connectivity index (χ2n) is 5.47. The minimum absolute atomic E-state index is 0.129. The maximum Gasteiger partial charge on any atom is 0.307 e. The first-order valence-corrected chi connectivity index (χ1v) is 6.73. The van der Waals surface area contributed by atoms with E-state index in [9.17, 15) is 4.79 Å². The lowest BCUT2D eigenvalue weighted by Crippen LogP contribution is -2.34. The van der Waals surface area contributed by atoms with Crippen LogP contribution in [0, 0.1) is 5.92 Å². The minimum Gasteiger partial charge on any atom is -0.469 e. The summed E-state index contributed by atoms with van der Waals surface area (Å²) in [5, 5.41) is 3.44. The van der Waals surface area contributed by atoms with Crippen LogP contribution in [0.25, 0.3) is 0 Å². The van der Waals surface area contributed by atoms with E-state index in [-0.39, 0.29) is 12.0 Å². The van der Waals surface area contributed by atoms with Gasteiger partial charge in [-0.1, -0.05) is 0 Å². The van der Waals surface area contributed by atoms with Gasteiger partial charge in [0.05, 0.1) is 13.5 Å². The number of nitrogens with zero attached hydrogens (tertiary/aromatic N) is 1. The van der Waals surface area contributed by atoms with Crippen LogP contribution < -0.4 is 5.32 Å². The first-order valence-electron chi connectivity index (χ1n) is 6.73. The van der Waals surface area contributed by atoms with Crippen molar-refractivity contribution in [3.05, 3.63) is 0 Å². The van der Waals surface area contributed by atoms with E-state index in [2.05, 4.69) is 15.0 Å². The van der Waals surface area contributed by atoms with Crippen LogP contribution in [0.3, 0.4) is 0 Å². The molecule has 0 amide bonds. The third-order valence-corrected chi connectivity index (χ3v) is 3.84. The number of rotatable bonds is 6. The Hall–Kier alpha value is -0.610. The van der Waals surface area contributed by atoms with Gasteiger partial charge in [-0.25, -0.2) is 0 Å². The predicted molar refractivity (Wildman–Crippen MR) is 66.8 cm³/mol. The Morgan fingerprint density at radius 1 is 1.47 bits per heavy atom. The fraction of sp³-hybridized carbons (Fsp3) is 0.923. The second-order valence-corrected chi connectivity index (χ2v) is 5.47. The zero-order chi connectivity index (χ0) is 12.3. The summed E-state index contributed by atoms with van der Waals surface area (Å²) in [4.78, 5) is 13.7. The predicted octanol–water partition coefficient (Wildman–Crippen LogP) is 1.01. The summed E-state index contributed by atoms with van der Waals surface area (Å²) in [7, 11) is 1.44. The van der Waals surface area contributed by atoms with Gasteiger partial charge in [0.2, 0.25) is 0 Å². The first-order chi connectivity index (χ1) is 8.19. The smallest absolute Gasteiger partial charge is 0.307 e. The maximum absolute atomic E-state index is 11.1. The Morgan fingerprint density at radius 3 is 2.88 bits per heavy atom. The topological polar surface area (TPSA) is 41.6 Å². The first kappa shape index (κ1) is 12.8. The van der Waals surface area contributed by atoms with Gasteiger partial charge in [-0.3, -0.25) is 4.79 Å². The Labute approximate surface area is 104 Å². The number of carbonyl (C=O) groups is 1. The molecule has 98 valence electrons. The van der Waals surface area contributed by atoms with Crippen molar-refractivity contribution in [3.63, 3.8) is 0 Å². The zero-order valence-corrected chi connectivity index (χ0v) is 10.9. The van der Waals surface area contributed by atoms with Crippen LogP contribution in [0.5, 0.6) is 0 Å². The van der Waals surface area contributed by atoms with Crippen LogP contribution >= 0.6 is 0 Å². The van der Waals surface area contributed by atoms with Gasteiger partial charge >= 0.3 is 5.97 Å². The molecule has 0 spiro atoms. The van der Waals surface area contributed by atoms with Gasteiger partial charge in [-0.15, -0.1) is 0 Å². The van der Waals surface area contributed by atoms with Gasteiger partial charge in [-0.2, -0.15) is 0 Å². The molecule has 1 N–H and O–H groups in total. The molecule has 1 aliphatic carbocycles. The highest BCUT2D eigenvalue weighted by Crippen LogP contribution is 2.31. The van der Waals surface area contributed by atoms with Crippen LogP contribution in [0.4, 0.5) is 0 Å². The molecule has 1 saturated heterocycles. The molecule has 1 heterocycles. The van der Waals surface area contributed by atoms with E-state index < -0.39 is 0 Å². The molecule has 4 nitrogen and oxygen atoms in total. The van der Waals surface area contributed by atoms with Gasteiger partial charge in [0, 0.05) is 18.6 Å². The Kier molecular flexibility index (Phi) is 4.40. The molecule has 2 atom stereocenters. The van der Waals surface area contributed by atoms with Crippen LogP contribution in [0.15, 0.2) is 0 Å².